The molecule has 364 valence electrons. The van der Waals surface area contributed by atoms with Crippen LogP contribution in [0, 0.1) is 0 Å². The van der Waals surface area contributed by atoms with Crippen molar-refractivity contribution >= 4 is 23.8 Å². The van der Waals surface area contributed by atoms with E-state index in [0.29, 0.717) is 12.8 Å². The van der Waals surface area contributed by atoms with E-state index in [9.17, 15) is 19.2 Å². The summed E-state index contributed by atoms with van der Waals surface area (Å²) in [6.07, 6.45) is 58.8. The second-order valence-electron chi connectivity index (χ2n) is 17.6. The molecule has 0 saturated carbocycles. The van der Waals surface area contributed by atoms with Crippen molar-refractivity contribution in [1.29, 1.82) is 0 Å². The number of aliphatic hydroxyl groups excluding tert-OH is 1. The van der Waals surface area contributed by atoms with Gasteiger partial charge in [-0.2, -0.15) is 0 Å². The minimum Gasteiger partial charge on any atom is -0.480 e. The van der Waals surface area contributed by atoms with Crippen LogP contribution in [0.3, 0.4) is 0 Å². The molecule has 0 radical (unpaired) electrons. The van der Waals surface area contributed by atoms with Crippen LogP contribution >= 0.6 is 0 Å². The number of amides is 2. The molecule has 0 aliphatic heterocycles. The number of aliphatic carboxylic acids is 1. The largest absolute Gasteiger partial charge is 0.480 e. The molecular weight excluding hydrogens is 789 g/mol. The van der Waals surface area contributed by atoms with Crippen molar-refractivity contribution in [2.75, 3.05) is 13.2 Å². The van der Waals surface area contributed by atoms with Gasteiger partial charge in [0.15, 0.2) is 0 Å². The molecule has 0 spiro atoms. The van der Waals surface area contributed by atoms with E-state index in [1.807, 2.05) is 0 Å². The second-order valence-corrected chi connectivity index (χ2v) is 17.6. The molecule has 0 aromatic rings. The number of hydrogen-bond acceptors (Lipinski definition) is 6. The molecule has 4 N–H and O–H groups in total. The summed E-state index contributed by atoms with van der Waals surface area (Å²) < 4.78 is 6.02. The van der Waals surface area contributed by atoms with E-state index < -0.39 is 24.5 Å². The number of carbonyl (C=O) groups is 4. The van der Waals surface area contributed by atoms with Gasteiger partial charge in [0.1, 0.15) is 12.1 Å². The molecule has 2 atom stereocenters. The van der Waals surface area contributed by atoms with Gasteiger partial charge in [-0.1, -0.05) is 217 Å². The third-order valence-electron chi connectivity index (χ3n) is 11.6. The number of carbonyl (C=O) groups excluding carboxylic acids is 3. The third-order valence-corrected chi connectivity index (χ3v) is 11.6. The van der Waals surface area contributed by atoms with Gasteiger partial charge in [0.05, 0.1) is 13.2 Å². The molecule has 9 heteroatoms. The van der Waals surface area contributed by atoms with E-state index in [-0.39, 0.29) is 30.9 Å². The Kier molecular flexibility index (Phi) is 45.8. The van der Waals surface area contributed by atoms with Crippen molar-refractivity contribution in [3.8, 4) is 0 Å². The first-order valence-electron chi connectivity index (χ1n) is 26.0. The Morgan fingerprint density at radius 1 is 0.492 bits per heavy atom. The molecule has 9 nitrogen and oxygen atoms in total. The first-order chi connectivity index (χ1) is 30.8. The summed E-state index contributed by atoms with van der Waals surface area (Å²) in [6, 6.07) is -1.39. The zero-order chi connectivity index (χ0) is 46.1. The van der Waals surface area contributed by atoms with Crippen LogP contribution in [0.25, 0.3) is 0 Å². The van der Waals surface area contributed by atoms with Gasteiger partial charge in [-0.3, -0.25) is 14.4 Å². The summed E-state index contributed by atoms with van der Waals surface area (Å²) in [6.45, 7) is 3.38. The highest BCUT2D eigenvalue weighted by Gasteiger charge is 2.19. The van der Waals surface area contributed by atoms with Crippen LogP contribution in [0.2, 0.25) is 0 Å². The number of unbranched alkanes of at least 4 members (excludes halogenated alkanes) is 25. The van der Waals surface area contributed by atoms with E-state index in [0.717, 1.165) is 83.5 Å². The number of esters is 1. The van der Waals surface area contributed by atoms with E-state index >= 15 is 0 Å². The molecule has 0 aromatic carbocycles. The highest BCUT2D eigenvalue weighted by Crippen LogP contribution is 2.18. The van der Waals surface area contributed by atoms with Gasteiger partial charge in [0.25, 0.3) is 0 Å². The van der Waals surface area contributed by atoms with Crippen LogP contribution in [-0.4, -0.2) is 59.3 Å². The summed E-state index contributed by atoms with van der Waals surface area (Å²) in [5, 5.41) is 22.6. The standard InChI is InChI=1S/C54H96N2O7/c1-3-5-7-9-11-13-15-17-18-19-20-21-22-23-24-25-27-29-31-33-38-42-46-53(60)63-49(43-39-35-32-30-28-26-16-14-12-10-8-6-4-2)44-40-36-34-37-41-45-51(58)55-47-52(59)56-50(48-57)54(61)62/h6,8,12,14,26,28,32,35,49-50,57H,3-5,7,9-11,13,15-25,27,29-31,33-34,36-48H2,1-2H3,(H,55,58)(H,56,59)(H,61,62)/b8-6-,14-12-,28-26-,35-32-. The van der Waals surface area contributed by atoms with Crippen molar-refractivity contribution in [3.05, 3.63) is 48.6 Å². The zero-order valence-electron chi connectivity index (χ0n) is 40.6. The van der Waals surface area contributed by atoms with Crippen LogP contribution < -0.4 is 10.6 Å². The molecule has 63 heavy (non-hydrogen) atoms. The smallest absolute Gasteiger partial charge is 0.328 e. The molecule has 0 heterocycles. The number of carboxylic acid groups (broad SMARTS) is 1. The third kappa shape index (κ3) is 45.2. The fourth-order valence-corrected chi connectivity index (χ4v) is 7.65. The van der Waals surface area contributed by atoms with Gasteiger partial charge >= 0.3 is 11.9 Å². The first kappa shape index (κ1) is 59.8. The van der Waals surface area contributed by atoms with E-state index in [1.165, 1.54) is 128 Å². The Morgan fingerprint density at radius 3 is 1.35 bits per heavy atom. The Bertz CT molecular complexity index is 1200. The maximum Gasteiger partial charge on any atom is 0.328 e. The van der Waals surface area contributed by atoms with Gasteiger partial charge in [-0.05, 0) is 64.2 Å². The number of rotatable bonds is 47. The van der Waals surface area contributed by atoms with E-state index in [2.05, 4.69) is 73.1 Å². The van der Waals surface area contributed by atoms with E-state index in [1.54, 1.807) is 0 Å². The Labute approximate surface area is 386 Å². The summed E-state index contributed by atoms with van der Waals surface area (Å²) in [5.41, 5.74) is 0. The van der Waals surface area contributed by atoms with Crippen LogP contribution in [-0.2, 0) is 23.9 Å². The second kappa shape index (κ2) is 48.3. The van der Waals surface area contributed by atoms with Crippen molar-refractivity contribution in [1.82, 2.24) is 10.6 Å². The molecular formula is C54H96N2O7. The van der Waals surface area contributed by atoms with Crippen LogP contribution in [0.15, 0.2) is 48.6 Å². The summed E-state index contributed by atoms with van der Waals surface area (Å²) in [7, 11) is 0. The van der Waals surface area contributed by atoms with Crippen molar-refractivity contribution < 1.29 is 34.1 Å². The molecule has 0 bridgehead atoms. The van der Waals surface area contributed by atoms with E-state index in [4.69, 9.17) is 14.9 Å². The Hall–Kier alpha value is -3.20. The number of ether oxygens (including phenoxy) is 1. The number of allylic oxidation sites excluding steroid dienone is 8. The minimum absolute atomic E-state index is 0.0761. The summed E-state index contributed by atoms with van der Waals surface area (Å²) in [5.74, 6) is -2.34. The van der Waals surface area contributed by atoms with Crippen molar-refractivity contribution in [2.24, 2.45) is 0 Å². The number of nitrogens with one attached hydrogen (secondary N) is 2. The van der Waals surface area contributed by atoms with Gasteiger partial charge in [-0.15, -0.1) is 0 Å². The molecule has 0 aliphatic carbocycles. The maximum atomic E-state index is 12.9. The predicted octanol–water partition coefficient (Wildman–Crippen LogP) is 13.9. The van der Waals surface area contributed by atoms with Crippen LogP contribution in [0.5, 0.6) is 0 Å². The Morgan fingerprint density at radius 2 is 0.905 bits per heavy atom. The minimum atomic E-state index is -1.39. The molecule has 2 amide bonds. The lowest BCUT2D eigenvalue weighted by atomic mass is 10.0. The monoisotopic (exact) mass is 885 g/mol. The van der Waals surface area contributed by atoms with Gasteiger partial charge in [-0.25, -0.2) is 4.79 Å². The maximum absolute atomic E-state index is 12.9. The molecule has 0 fully saturated rings. The number of aliphatic hydroxyl groups is 1. The SMILES string of the molecule is CC/C=C\C/C=C\C/C=C\C/C=C\CCC(CCCCCCCC(=O)NCC(=O)NC(CO)C(=O)O)OC(=O)CCCCCCCCCCCCCCCCCCCCCCCC. The van der Waals surface area contributed by atoms with Gasteiger partial charge in [0, 0.05) is 12.8 Å². The molecule has 2 unspecified atom stereocenters. The average molecular weight is 885 g/mol. The van der Waals surface area contributed by atoms with Crippen molar-refractivity contribution in [2.45, 2.75) is 257 Å². The highest BCUT2D eigenvalue weighted by molar-refractivity contribution is 5.87. The van der Waals surface area contributed by atoms with Gasteiger partial charge < -0.3 is 25.6 Å². The molecule has 0 aromatic heterocycles. The van der Waals surface area contributed by atoms with Crippen LogP contribution in [0.4, 0.5) is 0 Å². The molecule has 0 aliphatic rings. The van der Waals surface area contributed by atoms with Crippen molar-refractivity contribution in [3.63, 3.8) is 0 Å². The molecule has 0 rings (SSSR count). The normalized spacial score (nSPS) is 12.8. The van der Waals surface area contributed by atoms with Gasteiger partial charge in [0.2, 0.25) is 11.8 Å². The first-order valence-corrected chi connectivity index (χ1v) is 26.0. The Balaban J connectivity index is 4.26. The fourth-order valence-electron chi connectivity index (χ4n) is 7.65. The highest BCUT2D eigenvalue weighted by atomic mass is 16.5. The number of carboxylic acids is 1. The topological polar surface area (TPSA) is 142 Å². The lowest BCUT2D eigenvalue weighted by Crippen LogP contribution is -2.47. The zero-order valence-corrected chi connectivity index (χ0v) is 40.6. The summed E-state index contributed by atoms with van der Waals surface area (Å²) >= 11 is 0. The predicted molar refractivity (Wildman–Crippen MR) is 264 cm³/mol. The lowest BCUT2D eigenvalue weighted by Gasteiger charge is -2.17. The fraction of sp³-hybridized carbons (Fsp3) is 0.778. The van der Waals surface area contributed by atoms with Crippen LogP contribution in [0.1, 0.15) is 245 Å². The quantitative estimate of drug-likeness (QED) is 0.0271. The lowest BCUT2D eigenvalue weighted by molar-refractivity contribution is -0.150. The summed E-state index contributed by atoms with van der Waals surface area (Å²) in [4.78, 5) is 47.8. The number of hydrogen-bond donors (Lipinski definition) is 4. The average Bonchev–Trinajstić information content (AvgIpc) is 3.27. The molecule has 0 saturated heterocycles.